The quantitative estimate of drug-likeness (QED) is 0.443. The highest BCUT2D eigenvalue weighted by atomic mass is 32.2. The van der Waals surface area contributed by atoms with Gasteiger partial charge in [-0.05, 0) is 26.0 Å². The number of rotatable bonds is 6. The van der Waals surface area contributed by atoms with E-state index < -0.39 is 11.9 Å². The number of benzene rings is 1. The normalized spacial score (nSPS) is 11.9. The predicted octanol–water partition coefficient (Wildman–Crippen LogP) is 2.55. The van der Waals surface area contributed by atoms with Crippen molar-refractivity contribution in [3.8, 4) is 0 Å². The molecule has 0 unspecified atom stereocenters. The fourth-order valence-corrected chi connectivity index (χ4v) is 2.10. The second-order valence-electron chi connectivity index (χ2n) is 3.54. The number of Topliss-reactive ketones (excluding diaryl/α,β-unsaturated/α-hetero) is 1. The van der Waals surface area contributed by atoms with E-state index in [0.29, 0.717) is 12.4 Å². The summed E-state index contributed by atoms with van der Waals surface area (Å²) in [5, 5.41) is 0. The monoisotopic (exact) mass is 252 g/mol. The van der Waals surface area contributed by atoms with Gasteiger partial charge in [-0.15, -0.1) is 11.8 Å². The summed E-state index contributed by atoms with van der Waals surface area (Å²) in [4.78, 5) is 24.1. The molecule has 0 amide bonds. The molecule has 0 aliphatic rings. The standard InChI is InChI=1S/C13H16O3S/c1-3-16-13(15)10(2)12(14)9-17-11-7-5-4-6-8-11/h4-8,10H,3,9H2,1-2H3/t10-/m1/s1. The number of thioether (sulfide) groups is 1. The van der Waals surface area contributed by atoms with E-state index in [9.17, 15) is 9.59 Å². The van der Waals surface area contributed by atoms with Crippen molar-refractivity contribution in [1.29, 1.82) is 0 Å². The fraction of sp³-hybridized carbons (Fsp3) is 0.385. The Morgan fingerprint density at radius 1 is 1.29 bits per heavy atom. The first kappa shape index (κ1) is 13.8. The van der Waals surface area contributed by atoms with Crippen LogP contribution in [0.1, 0.15) is 13.8 Å². The lowest BCUT2D eigenvalue weighted by molar-refractivity contribution is -0.150. The Hall–Kier alpha value is -1.29. The molecule has 0 aromatic heterocycles. The molecule has 92 valence electrons. The van der Waals surface area contributed by atoms with Crippen LogP contribution in [0, 0.1) is 5.92 Å². The van der Waals surface area contributed by atoms with Crippen LogP contribution >= 0.6 is 11.8 Å². The Labute approximate surface area is 106 Å². The number of hydrogen-bond acceptors (Lipinski definition) is 4. The Balaban J connectivity index is 2.42. The first-order valence-corrected chi connectivity index (χ1v) is 6.51. The first-order valence-electron chi connectivity index (χ1n) is 5.52. The number of ether oxygens (including phenoxy) is 1. The maximum absolute atomic E-state index is 11.7. The van der Waals surface area contributed by atoms with Gasteiger partial charge in [0.05, 0.1) is 12.4 Å². The Morgan fingerprint density at radius 3 is 2.53 bits per heavy atom. The van der Waals surface area contributed by atoms with Crippen molar-refractivity contribution in [2.45, 2.75) is 18.7 Å². The van der Waals surface area contributed by atoms with Gasteiger partial charge in [-0.3, -0.25) is 9.59 Å². The van der Waals surface area contributed by atoms with Gasteiger partial charge >= 0.3 is 5.97 Å². The number of carbonyl (C=O) groups is 2. The largest absolute Gasteiger partial charge is 0.465 e. The van der Waals surface area contributed by atoms with E-state index in [1.54, 1.807) is 13.8 Å². The zero-order chi connectivity index (χ0) is 12.7. The molecule has 0 heterocycles. The molecule has 4 heteroatoms. The zero-order valence-corrected chi connectivity index (χ0v) is 10.8. The number of hydrogen-bond donors (Lipinski definition) is 0. The van der Waals surface area contributed by atoms with E-state index >= 15 is 0 Å². The fourth-order valence-electron chi connectivity index (χ4n) is 1.19. The van der Waals surface area contributed by atoms with E-state index in [1.165, 1.54) is 11.8 Å². The molecule has 1 rings (SSSR count). The Bertz CT molecular complexity index is 376. The highest BCUT2D eigenvalue weighted by Gasteiger charge is 2.22. The molecule has 0 saturated heterocycles. The average molecular weight is 252 g/mol. The molecular formula is C13H16O3S. The third kappa shape index (κ3) is 4.61. The molecule has 1 aromatic carbocycles. The van der Waals surface area contributed by atoms with Crippen molar-refractivity contribution in [2.75, 3.05) is 12.4 Å². The van der Waals surface area contributed by atoms with Gasteiger partial charge in [0.25, 0.3) is 0 Å². The molecule has 0 fully saturated rings. The summed E-state index contributed by atoms with van der Waals surface area (Å²) < 4.78 is 4.81. The van der Waals surface area contributed by atoms with Crippen LogP contribution < -0.4 is 0 Å². The lowest BCUT2D eigenvalue weighted by atomic mass is 10.1. The first-order chi connectivity index (χ1) is 8.15. The Morgan fingerprint density at radius 2 is 1.94 bits per heavy atom. The highest BCUT2D eigenvalue weighted by Crippen LogP contribution is 2.18. The molecule has 3 nitrogen and oxygen atoms in total. The lowest BCUT2D eigenvalue weighted by Crippen LogP contribution is -2.24. The average Bonchev–Trinajstić information content (AvgIpc) is 2.36. The molecule has 0 spiro atoms. The van der Waals surface area contributed by atoms with Crippen molar-refractivity contribution < 1.29 is 14.3 Å². The Kier molecular flexibility index (Phi) is 5.77. The SMILES string of the molecule is CCOC(=O)[C@H](C)C(=O)CSc1ccccc1. The molecular weight excluding hydrogens is 236 g/mol. The van der Waals surface area contributed by atoms with Gasteiger partial charge in [0.1, 0.15) is 5.92 Å². The molecule has 0 bridgehead atoms. The van der Waals surface area contributed by atoms with Crippen molar-refractivity contribution in [2.24, 2.45) is 5.92 Å². The molecule has 1 aromatic rings. The number of carbonyl (C=O) groups excluding carboxylic acids is 2. The van der Waals surface area contributed by atoms with E-state index in [-0.39, 0.29) is 5.78 Å². The summed E-state index contributed by atoms with van der Waals surface area (Å²) in [5.74, 6) is -0.918. The van der Waals surface area contributed by atoms with Crippen LogP contribution in [0.2, 0.25) is 0 Å². The van der Waals surface area contributed by atoms with E-state index in [0.717, 1.165) is 4.90 Å². The minimum atomic E-state index is -0.675. The van der Waals surface area contributed by atoms with Gasteiger partial charge in [0.15, 0.2) is 5.78 Å². The van der Waals surface area contributed by atoms with Crippen LogP contribution in [0.4, 0.5) is 0 Å². The van der Waals surface area contributed by atoms with Crippen LogP contribution in [0.3, 0.4) is 0 Å². The van der Waals surface area contributed by atoms with E-state index in [2.05, 4.69) is 0 Å². The molecule has 17 heavy (non-hydrogen) atoms. The predicted molar refractivity (Wildman–Crippen MR) is 68.0 cm³/mol. The van der Waals surface area contributed by atoms with Crippen LogP contribution in [0.15, 0.2) is 35.2 Å². The van der Waals surface area contributed by atoms with Crippen LogP contribution in [-0.2, 0) is 14.3 Å². The summed E-state index contributed by atoms with van der Waals surface area (Å²) >= 11 is 1.44. The third-order valence-corrected chi connectivity index (χ3v) is 3.28. The van der Waals surface area contributed by atoms with E-state index in [1.807, 2.05) is 30.3 Å². The van der Waals surface area contributed by atoms with Gasteiger partial charge in [-0.2, -0.15) is 0 Å². The number of ketones is 1. The minimum absolute atomic E-state index is 0.0997. The molecule has 0 aliphatic carbocycles. The van der Waals surface area contributed by atoms with Gasteiger partial charge in [-0.25, -0.2) is 0 Å². The second-order valence-corrected chi connectivity index (χ2v) is 4.59. The van der Waals surface area contributed by atoms with Crippen molar-refractivity contribution >= 4 is 23.5 Å². The lowest BCUT2D eigenvalue weighted by Gasteiger charge is -2.09. The smallest absolute Gasteiger partial charge is 0.316 e. The molecule has 0 radical (unpaired) electrons. The van der Waals surface area contributed by atoms with Crippen molar-refractivity contribution in [3.63, 3.8) is 0 Å². The molecule has 0 saturated carbocycles. The number of esters is 1. The zero-order valence-electron chi connectivity index (χ0n) is 10.0. The van der Waals surface area contributed by atoms with Crippen LogP contribution in [-0.4, -0.2) is 24.1 Å². The summed E-state index contributed by atoms with van der Waals surface area (Å²) in [7, 11) is 0. The van der Waals surface area contributed by atoms with Crippen LogP contribution in [0.5, 0.6) is 0 Å². The topological polar surface area (TPSA) is 43.4 Å². The van der Waals surface area contributed by atoms with Crippen LogP contribution in [0.25, 0.3) is 0 Å². The summed E-state index contributed by atoms with van der Waals surface area (Å²) in [6, 6.07) is 9.64. The maximum atomic E-state index is 11.7. The summed E-state index contributed by atoms with van der Waals surface area (Å²) in [6.07, 6.45) is 0. The molecule has 0 N–H and O–H groups in total. The molecule has 0 aliphatic heterocycles. The summed E-state index contributed by atoms with van der Waals surface area (Å²) in [6.45, 7) is 3.63. The summed E-state index contributed by atoms with van der Waals surface area (Å²) in [5.41, 5.74) is 0. The van der Waals surface area contributed by atoms with Crippen molar-refractivity contribution in [1.82, 2.24) is 0 Å². The van der Waals surface area contributed by atoms with Gasteiger partial charge in [-0.1, -0.05) is 18.2 Å². The molecule has 1 atom stereocenters. The van der Waals surface area contributed by atoms with Gasteiger partial charge < -0.3 is 4.74 Å². The van der Waals surface area contributed by atoms with E-state index in [4.69, 9.17) is 4.74 Å². The van der Waals surface area contributed by atoms with Gasteiger partial charge in [0.2, 0.25) is 0 Å². The minimum Gasteiger partial charge on any atom is -0.465 e. The third-order valence-electron chi connectivity index (χ3n) is 2.25. The second kappa shape index (κ2) is 7.12. The van der Waals surface area contributed by atoms with Gasteiger partial charge in [0, 0.05) is 4.90 Å². The maximum Gasteiger partial charge on any atom is 0.316 e. The highest BCUT2D eigenvalue weighted by molar-refractivity contribution is 8.00. The van der Waals surface area contributed by atoms with Crippen molar-refractivity contribution in [3.05, 3.63) is 30.3 Å².